The van der Waals surface area contributed by atoms with Crippen LogP contribution in [0.3, 0.4) is 0 Å². The molecule has 2 aromatic rings. The second-order valence-electron chi connectivity index (χ2n) is 8.10. The number of hydrogen-bond acceptors (Lipinski definition) is 6. The van der Waals surface area contributed by atoms with Gasteiger partial charge in [0, 0.05) is 50.7 Å². The number of nitrogens with zero attached hydrogens (tertiary/aromatic N) is 4. The molecule has 3 aliphatic rings. The van der Waals surface area contributed by atoms with Gasteiger partial charge in [-0.3, -0.25) is 4.90 Å². The number of rotatable bonds is 5. The summed E-state index contributed by atoms with van der Waals surface area (Å²) in [6.45, 7) is 6.02. The number of benzene rings is 1. The predicted octanol–water partition coefficient (Wildman–Crippen LogP) is 2.67. The van der Waals surface area contributed by atoms with Gasteiger partial charge in [0.05, 0.1) is 25.4 Å². The lowest BCUT2D eigenvalue weighted by Gasteiger charge is -2.38. The lowest BCUT2D eigenvalue weighted by atomic mass is 10.0. The Hall–Kier alpha value is -2.02. The maximum Gasteiger partial charge on any atom is 0.225 e. The summed E-state index contributed by atoms with van der Waals surface area (Å²) >= 11 is 0. The maximum atomic E-state index is 6.47. The van der Waals surface area contributed by atoms with Gasteiger partial charge < -0.3 is 14.4 Å². The zero-order valence-corrected chi connectivity index (χ0v) is 16.2. The monoisotopic (exact) mass is 380 g/mol. The fourth-order valence-electron chi connectivity index (χ4n) is 4.18. The average molecular weight is 380 g/mol. The quantitative estimate of drug-likeness (QED) is 0.795. The van der Waals surface area contributed by atoms with Crippen LogP contribution in [0.5, 0.6) is 0 Å². The Morgan fingerprint density at radius 3 is 2.43 bits per heavy atom. The maximum absolute atomic E-state index is 6.47. The largest absolute Gasteiger partial charge is 0.378 e. The van der Waals surface area contributed by atoms with Crippen molar-refractivity contribution in [1.82, 2.24) is 14.9 Å². The van der Waals surface area contributed by atoms with Gasteiger partial charge in [-0.1, -0.05) is 30.3 Å². The van der Waals surface area contributed by atoms with Crippen molar-refractivity contribution in [2.24, 2.45) is 5.92 Å². The molecule has 5 rings (SSSR count). The van der Waals surface area contributed by atoms with Crippen molar-refractivity contribution < 1.29 is 9.47 Å². The number of aromatic nitrogens is 2. The van der Waals surface area contributed by atoms with E-state index in [2.05, 4.69) is 50.1 Å². The molecule has 0 N–H and O–H groups in total. The fraction of sp³-hybridized carbons (Fsp3) is 0.545. The summed E-state index contributed by atoms with van der Waals surface area (Å²) in [5.41, 5.74) is 2.44. The number of anilines is 1. The van der Waals surface area contributed by atoms with Gasteiger partial charge in [0.15, 0.2) is 0 Å². The molecule has 2 atom stereocenters. The van der Waals surface area contributed by atoms with E-state index in [1.165, 1.54) is 24.0 Å². The average Bonchev–Trinajstić information content (AvgIpc) is 3.61. The van der Waals surface area contributed by atoms with Crippen molar-refractivity contribution in [1.29, 1.82) is 0 Å². The van der Waals surface area contributed by atoms with E-state index in [1.807, 2.05) is 12.4 Å². The third-order valence-electron chi connectivity index (χ3n) is 5.91. The molecule has 1 aliphatic carbocycles. The minimum absolute atomic E-state index is 0.147. The van der Waals surface area contributed by atoms with Gasteiger partial charge >= 0.3 is 0 Å². The molecule has 3 heterocycles. The van der Waals surface area contributed by atoms with E-state index in [0.717, 1.165) is 57.8 Å². The zero-order valence-electron chi connectivity index (χ0n) is 16.2. The normalized spacial score (nSPS) is 26.4. The van der Waals surface area contributed by atoms with Gasteiger partial charge in [0.1, 0.15) is 0 Å². The van der Waals surface area contributed by atoms with Crippen molar-refractivity contribution >= 4 is 5.95 Å². The van der Waals surface area contributed by atoms with E-state index >= 15 is 0 Å². The zero-order chi connectivity index (χ0) is 18.8. The van der Waals surface area contributed by atoms with Gasteiger partial charge in [-0.25, -0.2) is 9.97 Å². The van der Waals surface area contributed by atoms with E-state index in [4.69, 9.17) is 9.47 Å². The van der Waals surface area contributed by atoms with Crippen LogP contribution in [0.1, 0.15) is 30.1 Å². The summed E-state index contributed by atoms with van der Waals surface area (Å²) in [7, 11) is 0. The summed E-state index contributed by atoms with van der Waals surface area (Å²) in [5, 5.41) is 0. The molecule has 148 valence electrons. The Labute approximate surface area is 166 Å². The molecule has 0 bridgehead atoms. The molecule has 0 spiro atoms. The van der Waals surface area contributed by atoms with E-state index in [0.29, 0.717) is 6.10 Å². The first-order chi connectivity index (χ1) is 13.8. The molecule has 6 heteroatoms. The van der Waals surface area contributed by atoms with E-state index < -0.39 is 0 Å². The smallest absolute Gasteiger partial charge is 0.225 e. The first kappa shape index (κ1) is 18.0. The third-order valence-corrected chi connectivity index (χ3v) is 5.91. The summed E-state index contributed by atoms with van der Waals surface area (Å²) in [6, 6.07) is 10.6. The second kappa shape index (κ2) is 8.15. The molecule has 2 aliphatic heterocycles. The van der Waals surface area contributed by atoms with Crippen LogP contribution >= 0.6 is 0 Å². The molecule has 2 saturated heterocycles. The SMILES string of the molecule is c1ccc([C@@H]2CN(Cc3cnc(N4CCOCC4)nc3)C[C@H](C3CC3)O2)cc1. The van der Waals surface area contributed by atoms with Crippen LogP contribution in [0.2, 0.25) is 0 Å². The topological polar surface area (TPSA) is 50.7 Å². The molecule has 1 aromatic heterocycles. The molecule has 0 radical (unpaired) electrons. The molecule has 1 saturated carbocycles. The van der Waals surface area contributed by atoms with Gasteiger partial charge in [-0.15, -0.1) is 0 Å². The Kier molecular flexibility index (Phi) is 5.25. The lowest BCUT2D eigenvalue weighted by Crippen LogP contribution is -2.44. The van der Waals surface area contributed by atoms with E-state index in [9.17, 15) is 0 Å². The van der Waals surface area contributed by atoms with Gasteiger partial charge in [-0.05, 0) is 24.3 Å². The van der Waals surface area contributed by atoms with Gasteiger partial charge in [-0.2, -0.15) is 0 Å². The number of hydrogen-bond donors (Lipinski definition) is 0. The highest BCUT2D eigenvalue weighted by Gasteiger charge is 2.38. The number of morpholine rings is 2. The van der Waals surface area contributed by atoms with Crippen molar-refractivity contribution in [2.45, 2.75) is 31.6 Å². The van der Waals surface area contributed by atoms with Crippen molar-refractivity contribution in [3.05, 3.63) is 53.9 Å². The Morgan fingerprint density at radius 1 is 0.964 bits per heavy atom. The Balaban J connectivity index is 1.26. The van der Waals surface area contributed by atoms with Gasteiger partial charge in [0.25, 0.3) is 0 Å². The summed E-state index contributed by atoms with van der Waals surface area (Å²) < 4.78 is 11.9. The van der Waals surface area contributed by atoms with Crippen LogP contribution < -0.4 is 4.90 Å². The van der Waals surface area contributed by atoms with Crippen LogP contribution in [-0.4, -0.2) is 60.4 Å². The van der Waals surface area contributed by atoms with Crippen LogP contribution in [0, 0.1) is 5.92 Å². The molecule has 1 aromatic carbocycles. The summed E-state index contributed by atoms with van der Waals surface area (Å²) in [6.07, 6.45) is 7.06. The van der Waals surface area contributed by atoms with Crippen molar-refractivity contribution in [2.75, 3.05) is 44.3 Å². The van der Waals surface area contributed by atoms with Crippen LogP contribution in [-0.2, 0) is 16.0 Å². The fourth-order valence-corrected chi connectivity index (χ4v) is 4.18. The predicted molar refractivity (Wildman–Crippen MR) is 107 cm³/mol. The Morgan fingerprint density at radius 2 is 1.71 bits per heavy atom. The van der Waals surface area contributed by atoms with Crippen LogP contribution in [0.25, 0.3) is 0 Å². The molecule has 28 heavy (non-hydrogen) atoms. The molecule has 0 amide bonds. The third kappa shape index (κ3) is 4.19. The first-order valence-electron chi connectivity index (χ1n) is 10.4. The second-order valence-corrected chi connectivity index (χ2v) is 8.10. The minimum Gasteiger partial charge on any atom is -0.378 e. The van der Waals surface area contributed by atoms with E-state index in [1.54, 1.807) is 0 Å². The van der Waals surface area contributed by atoms with Gasteiger partial charge in [0.2, 0.25) is 5.95 Å². The van der Waals surface area contributed by atoms with Crippen LogP contribution in [0.4, 0.5) is 5.95 Å². The molecule has 0 unspecified atom stereocenters. The number of ether oxygens (including phenoxy) is 2. The van der Waals surface area contributed by atoms with Crippen molar-refractivity contribution in [3.63, 3.8) is 0 Å². The summed E-state index contributed by atoms with van der Waals surface area (Å²) in [4.78, 5) is 13.9. The van der Waals surface area contributed by atoms with Crippen LogP contribution in [0.15, 0.2) is 42.7 Å². The summed E-state index contributed by atoms with van der Waals surface area (Å²) in [5.74, 6) is 1.54. The molecular formula is C22H28N4O2. The molecule has 3 fully saturated rings. The molecule has 6 nitrogen and oxygen atoms in total. The first-order valence-corrected chi connectivity index (χ1v) is 10.4. The molecular weight excluding hydrogens is 352 g/mol. The van der Waals surface area contributed by atoms with Crippen molar-refractivity contribution in [3.8, 4) is 0 Å². The highest BCUT2D eigenvalue weighted by atomic mass is 16.5. The highest BCUT2D eigenvalue weighted by molar-refractivity contribution is 5.30. The lowest BCUT2D eigenvalue weighted by molar-refractivity contribution is -0.0986. The highest BCUT2D eigenvalue weighted by Crippen LogP contribution is 2.39. The minimum atomic E-state index is 0.147. The standard InChI is InChI=1S/C22H28N4O2/c1-2-4-18(5-3-1)20-15-25(16-21(28-20)19-6-7-19)14-17-12-23-22(24-13-17)26-8-10-27-11-9-26/h1-5,12-13,19-21H,6-11,14-16H2/t20-,21+/m0/s1. The Bertz CT molecular complexity index is 760. The van der Waals surface area contributed by atoms with E-state index in [-0.39, 0.29) is 6.10 Å².